The van der Waals surface area contributed by atoms with Crippen LogP contribution in [0.1, 0.15) is 17.7 Å². The number of aromatic nitrogens is 3. The lowest BCUT2D eigenvalue weighted by Crippen LogP contribution is -2.27. The molecule has 0 radical (unpaired) electrons. The highest BCUT2D eigenvalue weighted by Crippen LogP contribution is 2.17. The summed E-state index contributed by atoms with van der Waals surface area (Å²) in [6, 6.07) is 12.0. The molecule has 1 aromatic carbocycles. The van der Waals surface area contributed by atoms with Gasteiger partial charge in [0.05, 0.1) is 11.3 Å². The molecule has 0 aliphatic carbocycles. The van der Waals surface area contributed by atoms with Crippen molar-refractivity contribution < 1.29 is 4.79 Å². The summed E-state index contributed by atoms with van der Waals surface area (Å²) in [7, 11) is 1.67. The van der Waals surface area contributed by atoms with Gasteiger partial charge in [0, 0.05) is 19.3 Å². The predicted octanol–water partition coefficient (Wildman–Crippen LogP) is 2.41. The Bertz CT molecular complexity index is 963. The van der Waals surface area contributed by atoms with Gasteiger partial charge in [-0.25, -0.2) is 4.98 Å². The van der Waals surface area contributed by atoms with E-state index in [1.807, 2.05) is 31.2 Å². The van der Waals surface area contributed by atoms with Gasteiger partial charge in [-0.15, -0.1) is 0 Å². The first-order valence-corrected chi connectivity index (χ1v) is 9.53. The van der Waals surface area contributed by atoms with Crippen LogP contribution >= 0.6 is 11.8 Å². The van der Waals surface area contributed by atoms with Crippen LogP contribution in [0.25, 0.3) is 11.0 Å². The van der Waals surface area contributed by atoms with E-state index in [4.69, 9.17) is 0 Å². The number of carbonyl (C=O) groups is 1. The zero-order chi connectivity index (χ0) is 18.5. The highest BCUT2D eigenvalue weighted by Gasteiger charge is 2.12. The molecule has 0 saturated heterocycles. The largest absolute Gasteiger partial charge is 0.355 e. The Hall–Kier alpha value is -2.54. The molecule has 3 rings (SSSR count). The average molecular weight is 370 g/mol. The summed E-state index contributed by atoms with van der Waals surface area (Å²) < 4.78 is 1.48. The summed E-state index contributed by atoms with van der Waals surface area (Å²) in [4.78, 5) is 31.9. The number of carbonyl (C=O) groups excluding carboxylic acids is 1. The third-order valence-electron chi connectivity index (χ3n) is 4.09. The molecular weight excluding hydrogens is 348 g/mol. The van der Waals surface area contributed by atoms with Crippen molar-refractivity contribution in [2.24, 2.45) is 7.05 Å². The number of nitrogens with one attached hydrogen (secondary N) is 2. The van der Waals surface area contributed by atoms with Crippen molar-refractivity contribution in [3.8, 4) is 0 Å². The van der Waals surface area contributed by atoms with E-state index in [0.717, 1.165) is 18.5 Å². The van der Waals surface area contributed by atoms with Crippen molar-refractivity contribution in [3.63, 3.8) is 0 Å². The van der Waals surface area contributed by atoms with E-state index in [9.17, 15) is 9.59 Å². The van der Waals surface area contributed by atoms with Gasteiger partial charge in [-0.3, -0.25) is 14.2 Å². The molecule has 0 saturated carbocycles. The first kappa shape index (κ1) is 18.3. The molecule has 0 fully saturated rings. The summed E-state index contributed by atoms with van der Waals surface area (Å²) >= 11 is 1.27. The van der Waals surface area contributed by atoms with E-state index < -0.39 is 0 Å². The van der Waals surface area contributed by atoms with Gasteiger partial charge in [0.25, 0.3) is 5.56 Å². The van der Waals surface area contributed by atoms with Crippen LogP contribution in [0.15, 0.2) is 46.3 Å². The number of fused-ring (bicyclic) bond motifs is 1. The van der Waals surface area contributed by atoms with Gasteiger partial charge in [-0.05, 0) is 31.4 Å². The van der Waals surface area contributed by atoms with Crippen LogP contribution in [-0.2, 0) is 18.3 Å². The standard InChI is InChI=1S/C19H22N4O2S/c1-13-11-15-17(21-13)18(25)23(2)19(22-15)26-12-16(24)20-10-6-9-14-7-4-3-5-8-14/h3-5,7-8,11,21H,6,9-10,12H2,1-2H3,(H,20,24). The van der Waals surface area contributed by atoms with E-state index in [-0.39, 0.29) is 17.2 Å². The van der Waals surface area contributed by atoms with E-state index in [2.05, 4.69) is 27.4 Å². The van der Waals surface area contributed by atoms with Gasteiger partial charge in [-0.1, -0.05) is 42.1 Å². The Labute approximate surface area is 156 Å². The first-order chi connectivity index (χ1) is 12.5. The molecule has 26 heavy (non-hydrogen) atoms. The Morgan fingerprint density at radius 3 is 2.85 bits per heavy atom. The van der Waals surface area contributed by atoms with E-state index >= 15 is 0 Å². The molecule has 0 unspecified atom stereocenters. The lowest BCUT2D eigenvalue weighted by Gasteiger charge is -2.08. The third kappa shape index (κ3) is 4.35. The van der Waals surface area contributed by atoms with Crippen LogP contribution in [0.4, 0.5) is 0 Å². The van der Waals surface area contributed by atoms with Crippen molar-refractivity contribution in [1.29, 1.82) is 0 Å². The lowest BCUT2D eigenvalue weighted by atomic mass is 10.1. The van der Waals surface area contributed by atoms with Gasteiger partial charge < -0.3 is 10.3 Å². The number of nitrogens with zero attached hydrogens (tertiary/aromatic N) is 2. The Kier molecular flexibility index (Phi) is 5.78. The van der Waals surface area contributed by atoms with Crippen LogP contribution in [0, 0.1) is 6.92 Å². The quantitative estimate of drug-likeness (QED) is 0.380. The topological polar surface area (TPSA) is 79.8 Å². The number of rotatable bonds is 7. The molecule has 0 aliphatic heterocycles. The Morgan fingerprint density at radius 2 is 2.08 bits per heavy atom. The number of amides is 1. The molecule has 2 N–H and O–H groups in total. The summed E-state index contributed by atoms with van der Waals surface area (Å²) in [5.74, 6) is 0.184. The maximum atomic E-state index is 12.3. The highest BCUT2D eigenvalue weighted by molar-refractivity contribution is 7.99. The normalized spacial score (nSPS) is 11.0. The maximum absolute atomic E-state index is 12.3. The van der Waals surface area contributed by atoms with Crippen molar-refractivity contribution in [2.75, 3.05) is 12.3 Å². The van der Waals surface area contributed by atoms with Gasteiger partial charge in [0.15, 0.2) is 5.16 Å². The monoisotopic (exact) mass is 370 g/mol. The molecule has 2 heterocycles. The van der Waals surface area contributed by atoms with Crippen molar-refractivity contribution >= 4 is 28.7 Å². The first-order valence-electron chi connectivity index (χ1n) is 8.54. The molecule has 2 aromatic heterocycles. The van der Waals surface area contributed by atoms with E-state index in [0.29, 0.717) is 22.7 Å². The fraction of sp³-hybridized carbons (Fsp3) is 0.316. The molecule has 0 aliphatic rings. The average Bonchev–Trinajstić information content (AvgIpc) is 3.02. The second-order valence-corrected chi connectivity index (χ2v) is 7.14. The fourth-order valence-corrected chi connectivity index (χ4v) is 3.54. The van der Waals surface area contributed by atoms with E-state index in [1.165, 1.54) is 21.9 Å². The van der Waals surface area contributed by atoms with Gasteiger partial charge in [-0.2, -0.15) is 0 Å². The van der Waals surface area contributed by atoms with Crippen molar-refractivity contribution in [1.82, 2.24) is 19.9 Å². The number of aryl methyl sites for hydroxylation is 2. The second-order valence-electron chi connectivity index (χ2n) is 6.20. The minimum Gasteiger partial charge on any atom is -0.355 e. The predicted molar refractivity (Wildman–Crippen MR) is 105 cm³/mol. The van der Waals surface area contributed by atoms with Gasteiger partial charge in [0.1, 0.15) is 5.52 Å². The number of aromatic amines is 1. The van der Waals surface area contributed by atoms with Crippen LogP contribution < -0.4 is 10.9 Å². The summed E-state index contributed by atoms with van der Waals surface area (Å²) in [6.07, 6.45) is 1.83. The van der Waals surface area contributed by atoms with Crippen molar-refractivity contribution in [2.45, 2.75) is 24.9 Å². The van der Waals surface area contributed by atoms with Crippen LogP contribution in [-0.4, -0.2) is 32.7 Å². The van der Waals surface area contributed by atoms with Crippen LogP contribution in [0.5, 0.6) is 0 Å². The molecule has 136 valence electrons. The molecular formula is C19H22N4O2S. The highest BCUT2D eigenvalue weighted by atomic mass is 32.2. The fourth-order valence-electron chi connectivity index (χ4n) is 2.73. The number of benzene rings is 1. The van der Waals surface area contributed by atoms with Crippen LogP contribution in [0.2, 0.25) is 0 Å². The van der Waals surface area contributed by atoms with Crippen LogP contribution in [0.3, 0.4) is 0 Å². The number of H-pyrrole nitrogens is 1. The van der Waals surface area contributed by atoms with E-state index in [1.54, 1.807) is 7.05 Å². The zero-order valence-corrected chi connectivity index (χ0v) is 15.7. The molecule has 6 nitrogen and oxygen atoms in total. The second kappa shape index (κ2) is 8.23. The van der Waals surface area contributed by atoms with Gasteiger partial charge >= 0.3 is 0 Å². The SMILES string of the molecule is Cc1cc2nc(SCC(=O)NCCCc3ccccc3)n(C)c(=O)c2[nH]1. The summed E-state index contributed by atoms with van der Waals surface area (Å²) in [5.41, 5.74) is 3.17. The number of hydrogen-bond donors (Lipinski definition) is 2. The molecule has 3 aromatic rings. The zero-order valence-electron chi connectivity index (χ0n) is 14.9. The smallest absolute Gasteiger partial charge is 0.278 e. The summed E-state index contributed by atoms with van der Waals surface area (Å²) in [5, 5.41) is 3.46. The maximum Gasteiger partial charge on any atom is 0.278 e. The summed E-state index contributed by atoms with van der Waals surface area (Å²) in [6.45, 7) is 2.52. The van der Waals surface area contributed by atoms with Gasteiger partial charge in [0.2, 0.25) is 5.91 Å². The molecule has 1 amide bonds. The lowest BCUT2D eigenvalue weighted by molar-refractivity contribution is -0.118. The molecule has 0 bridgehead atoms. The number of thioether (sulfide) groups is 1. The molecule has 7 heteroatoms. The van der Waals surface area contributed by atoms with Crippen molar-refractivity contribution in [3.05, 3.63) is 58.0 Å². The third-order valence-corrected chi connectivity index (χ3v) is 5.12. The molecule has 0 atom stereocenters. The minimum atomic E-state index is -0.131. The minimum absolute atomic E-state index is 0.0531. The number of hydrogen-bond acceptors (Lipinski definition) is 4. The molecule has 0 spiro atoms. The Morgan fingerprint density at radius 1 is 1.31 bits per heavy atom. The Balaban J connectivity index is 1.50.